The molecule has 7 N–H and O–H groups in total. The van der Waals surface area contributed by atoms with Crippen LogP contribution in [0.2, 0.25) is 5.02 Å². The lowest BCUT2D eigenvalue weighted by atomic mass is 9.92. The lowest BCUT2D eigenvalue weighted by Gasteiger charge is -2.25. The summed E-state index contributed by atoms with van der Waals surface area (Å²) in [4.78, 5) is 28.2. The summed E-state index contributed by atoms with van der Waals surface area (Å²) < 4.78 is 57.0. The molecule has 1 unspecified atom stereocenters. The molecule has 0 bridgehead atoms. The number of rotatable bonds is 8. The minimum Gasteiger partial charge on any atom is -0.542 e. The Kier molecular flexibility index (Phi) is 9.92. The predicted octanol–water partition coefficient (Wildman–Crippen LogP) is -0.394. The van der Waals surface area contributed by atoms with Crippen molar-refractivity contribution in [3.8, 4) is 11.1 Å². The van der Waals surface area contributed by atoms with Crippen LogP contribution < -0.4 is 26.7 Å². The summed E-state index contributed by atoms with van der Waals surface area (Å²) >= 11 is 6.53. The minimum absolute atomic E-state index is 0.0506. The van der Waals surface area contributed by atoms with E-state index in [2.05, 4.69) is 26.0 Å². The zero-order valence-electron chi connectivity index (χ0n) is 23.7. The summed E-state index contributed by atoms with van der Waals surface area (Å²) in [5.41, 5.74) is 7.12. The number of amides is 1. The zero-order valence-corrected chi connectivity index (χ0v) is 25.3. The van der Waals surface area contributed by atoms with Gasteiger partial charge in [0, 0.05) is 17.5 Å². The molecule has 246 valence electrons. The van der Waals surface area contributed by atoms with E-state index in [9.17, 15) is 26.4 Å². The fraction of sp³-hybridized carbons (Fsp3) is 0.148. The number of halogens is 4. The molecule has 0 aliphatic carbocycles. The fourth-order valence-electron chi connectivity index (χ4n) is 4.28. The normalized spacial score (nSPS) is 15.9. The first kappa shape index (κ1) is 34.5. The molecule has 0 radical (unpaired) electrons. The van der Waals surface area contributed by atoms with Gasteiger partial charge in [0.25, 0.3) is 11.7 Å². The smallest absolute Gasteiger partial charge is 0.430 e. The average molecular weight is 694 g/mol. The van der Waals surface area contributed by atoms with Crippen LogP contribution in [0.15, 0.2) is 83.1 Å². The summed E-state index contributed by atoms with van der Waals surface area (Å²) in [7, 11) is -3.98. The third-order valence-electron chi connectivity index (χ3n) is 6.49. The molecule has 1 atom stereocenters. The van der Waals surface area contributed by atoms with Crippen molar-refractivity contribution in [1.82, 2.24) is 20.2 Å². The monoisotopic (exact) mass is 693 g/mol. The number of nitrogens with one attached hydrogen (secondary N) is 1. The maximum Gasteiger partial charge on any atom is 0.430 e. The van der Waals surface area contributed by atoms with E-state index in [1.165, 1.54) is 23.1 Å². The number of primary sulfonamides is 1. The summed E-state index contributed by atoms with van der Waals surface area (Å²) in [5, 5.41) is 38.2. The Bertz CT molecular complexity index is 1970. The molecule has 2 heterocycles. The number of tetrazole rings is 1. The second-order valence-corrected chi connectivity index (χ2v) is 11.8. The maximum absolute atomic E-state index is 13.7. The van der Waals surface area contributed by atoms with Crippen molar-refractivity contribution in [2.24, 2.45) is 16.0 Å². The van der Waals surface area contributed by atoms with Crippen LogP contribution in [0.25, 0.3) is 11.1 Å². The van der Waals surface area contributed by atoms with Crippen molar-refractivity contribution in [3.63, 3.8) is 0 Å². The topological polar surface area (TPSA) is 246 Å². The van der Waals surface area contributed by atoms with Gasteiger partial charge in [0.05, 0.1) is 33.4 Å². The second kappa shape index (κ2) is 13.5. The molecule has 1 aromatic heterocycles. The SMILES string of the molecule is NC(=[NH2+])c1cccc(C2=NOC(Cn3cnnn3)(C(=O)Nc3ccc(-c4ccccc4S(N)(=O)=O)cc3Cl)C2)c1.O=C([O-])C(F)(F)F. The number of nitrogens with zero attached hydrogens (tertiary/aromatic N) is 5. The van der Waals surface area contributed by atoms with E-state index >= 15 is 0 Å². The molecule has 1 amide bonds. The van der Waals surface area contributed by atoms with Crippen molar-refractivity contribution in [3.05, 3.63) is 89.2 Å². The summed E-state index contributed by atoms with van der Waals surface area (Å²) in [6.45, 7) is -0.0545. The Balaban J connectivity index is 0.000000644. The van der Waals surface area contributed by atoms with Gasteiger partial charge in [-0.2, -0.15) is 13.2 Å². The molecule has 0 spiro atoms. The maximum atomic E-state index is 13.7. The molecule has 4 aromatic rings. The van der Waals surface area contributed by atoms with Crippen LogP contribution in [0.5, 0.6) is 0 Å². The molecule has 3 aromatic carbocycles. The molecule has 0 fully saturated rings. The van der Waals surface area contributed by atoms with Crippen LogP contribution in [0.4, 0.5) is 18.9 Å². The van der Waals surface area contributed by atoms with Crippen LogP contribution in [0, 0.1) is 0 Å². The fourth-order valence-corrected chi connectivity index (χ4v) is 5.27. The zero-order chi connectivity index (χ0) is 34.6. The average Bonchev–Trinajstić information content (AvgIpc) is 3.69. The van der Waals surface area contributed by atoms with E-state index in [1.54, 1.807) is 54.6 Å². The molecule has 20 heteroatoms. The van der Waals surface area contributed by atoms with Crippen LogP contribution in [0.1, 0.15) is 17.5 Å². The van der Waals surface area contributed by atoms with Gasteiger partial charge in [-0.05, 0) is 46.3 Å². The number of nitrogens with two attached hydrogens (primary N) is 3. The molecular formula is C27H23ClF3N9O6S. The Morgan fingerprint density at radius 1 is 1.11 bits per heavy atom. The van der Waals surface area contributed by atoms with Crippen LogP contribution in [0.3, 0.4) is 0 Å². The van der Waals surface area contributed by atoms with Crippen molar-refractivity contribution in [2.75, 3.05) is 5.32 Å². The second-order valence-electron chi connectivity index (χ2n) is 9.82. The van der Waals surface area contributed by atoms with Crippen molar-refractivity contribution < 1.29 is 46.5 Å². The Labute approximate surface area is 268 Å². The van der Waals surface area contributed by atoms with Gasteiger partial charge in [0.15, 0.2) is 0 Å². The van der Waals surface area contributed by atoms with E-state index < -0.39 is 33.7 Å². The number of carbonyl (C=O) groups excluding carboxylic acids is 2. The van der Waals surface area contributed by atoms with Gasteiger partial charge in [-0.1, -0.05) is 53.2 Å². The van der Waals surface area contributed by atoms with Gasteiger partial charge in [-0.15, -0.1) is 5.10 Å². The molecule has 5 rings (SSSR count). The Hall–Kier alpha value is -5.40. The third kappa shape index (κ3) is 8.26. The highest BCUT2D eigenvalue weighted by Gasteiger charge is 2.48. The highest BCUT2D eigenvalue weighted by Crippen LogP contribution is 2.35. The Morgan fingerprint density at radius 2 is 1.81 bits per heavy atom. The number of hydrogen-bond acceptors (Lipinski definition) is 10. The number of carboxylic acid groups (broad SMARTS) is 1. The molecule has 47 heavy (non-hydrogen) atoms. The summed E-state index contributed by atoms with van der Waals surface area (Å²) in [6.07, 6.45) is -3.77. The number of carboxylic acids is 1. The van der Waals surface area contributed by atoms with Crippen LogP contribution >= 0.6 is 11.6 Å². The predicted molar refractivity (Wildman–Crippen MR) is 157 cm³/mol. The Morgan fingerprint density at radius 3 is 2.40 bits per heavy atom. The molecule has 0 saturated carbocycles. The van der Waals surface area contributed by atoms with Crippen molar-refractivity contribution >= 4 is 50.7 Å². The third-order valence-corrected chi connectivity index (χ3v) is 7.77. The van der Waals surface area contributed by atoms with Gasteiger partial charge in [-0.3, -0.25) is 15.9 Å². The molecular weight excluding hydrogens is 671 g/mol. The minimum atomic E-state index is -5.19. The van der Waals surface area contributed by atoms with Gasteiger partial charge in [-0.25, -0.2) is 18.2 Å². The van der Waals surface area contributed by atoms with Gasteiger partial charge in [0.2, 0.25) is 15.6 Å². The summed E-state index contributed by atoms with van der Waals surface area (Å²) in [6, 6.07) is 18.0. The largest absolute Gasteiger partial charge is 0.542 e. The van der Waals surface area contributed by atoms with Crippen LogP contribution in [-0.2, 0) is 31.0 Å². The lowest BCUT2D eigenvalue weighted by Crippen LogP contribution is -2.47. The van der Waals surface area contributed by atoms with E-state index in [0.29, 0.717) is 28.0 Å². The first-order chi connectivity index (χ1) is 22.0. The number of sulfonamides is 1. The molecule has 1 aliphatic rings. The first-order valence-corrected chi connectivity index (χ1v) is 14.9. The molecule has 1 aliphatic heterocycles. The number of alkyl halides is 3. The van der Waals surface area contributed by atoms with E-state index in [1.807, 2.05) is 0 Å². The standard InChI is InChI=1S/C25H22ClN9O4S.C2HF3O2/c26-19-11-15(18-6-1-2-7-22(18)40(29,37)38)8-9-20(19)31-24(36)25(13-35-14-30-33-34-35)12-21(32-39-25)16-4-3-5-17(10-16)23(27)28;3-2(4,5)1(6)7/h1-11,14H,12-13H2,(H3,27,28)(H,31,36)(H2,29,37,38);(H,6,7). The quantitative estimate of drug-likeness (QED) is 0.137. The van der Waals surface area contributed by atoms with E-state index in [4.69, 9.17) is 42.6 Å². The van der Waals surface area contributed by atoms with Gasteiger partial charge in [0.1, 0.15) is 12.3 Å². The number of oxime groups is 1. The van der Waals surface area contributed by atoms with E-state index in [-0.39, 0.29) is 34.4 Å². The van der Waals surface area contributed by atoms with Crippen molar-refractivity contribution in [1.29, 1.82) is 0 Å². The highest BCUT2D eigenvalue weighted by atomic mass is 35.5. The highest BCUT2D eigenvalue weighted by molar-refractivity contribution is 7.89. The summed E-state index contributed by atoms with van der Waals surface area (Å²) in [5.74, 6) is -3.42. The number of hydrogen-bond donors (Lipinski definition) is 4. The number of aromatic nitrogens is 4. The number of benzene rings is 3. The number of anilines is 1. The van der Waals surface area contributed by atoms with Gasteiger partial charge >= 0.3 is 6.18 Å². The number of amidine groups is 1. The number of aliphatic carboxylic acids is 1. The van der Waals surface area contributed by atoms with Crippen molar-refractivity contribution in [2.45, 2.75) is 29.6 Å². The number of carbonyl (C=O) groups is 2. The van der Waals surface area contributed by atoms with E-state index in [0.717, 1.165) is 0 Å². The lowest BCUT2D eigenvalue weighted by molar-refractivity contribution is -0.344. The van der Waals surface area contributed by atoms with Crippen LogP contribution in [-0.4, -0.2) is 63.8 Å². The molecule has 0 saturated heterocycles. The molecule has 15 nitrogen and oxygen atoms in total. The van der Waals surface area contributed by atoms with Gasteiger partial charge < -0.3 is 20.1 Å². The first-order valence-electron chi connectivity index (χ1n) is 13.0.